The van der Waals surface area contributed by atoms with E-state index in [2.05, 4.69) is 43.4 Å². The van der Waals surface area contributed by atoms with E-state index in [1.165, 1.54) is 0 Å². The lowest BCUT2D eigenvalue weighted by atomic mass is 10.1. The Hall–Kier alpha value is -3.33. The molecule has 0 radical (unpaired) electrons. The Bertz CT molecular complexity index is 1110. The van der Waals surface area contributed by atoms with E-state index in [4.69, 9.17) is 21.0 Å². The molecule has 0 aliphatic heterocycles. The molecule has 0 aliphatic rings. The van der Waals surface area contributed by atoms with E-state index in [1.807, 2.05) is 13.8 Å². The van der Waals surface area contributed by atoms with E-state index < -0.39 is 0 Å². The molecule has 29 heavy (non-hydrogen) atoms. The zero-order valence-corrected chi connectivity index (χ0v) is 17.9. The van der Waals surface area contributed by atoms with Gasteiger partial charge in [-0.3, -0.25) is 0 Å². The molecule has 2 aromatic carbocycles. The predicted molar refractivity (Wildman–Crippen MR) is 117 cm³/mol. The van der Waals surface area contributed by atoms with Crippen LogP contribution in [-0.2, 0) is 0 Å². The molecule has 3 aromatic rings. The van der Waals surface area contributed by atoms with Crippen LogP contribution in [-0.4, -0.2) is 9.97 Å². The maximum atomic E-state index is 9.10. The average Bonchev–Trinajstić information content (AvgIpc) is 2.68. The summed E-state index contributed by atoms with van der Waals surface area (Å²) in [5.41, 5.74) is 9.43. The lowest BCUT2D eigenvalue weighted by Crippen LogP contribution is -2.04. The topological polar surface area (TPSA) is 121 Å². The van der Waals surface area contributed by atoms with Gasteiger partial charge < -0.3 is 15.8 Å². The highest BCUT2D eigenvalue weighted by molar-refractivity contribution is 9.10. The second-order valence-corrected chi connectivity index (χ2v) is 6.81. The van der Waals surface area contributed by atoms with Crippen molar-refractivity contribution in [2.45, 2.75) is 13.8 Å². The molecule has 0 saturated heterocycles. The van der Waals surface area contributed by atoms with Crippen molar-refractivity contribution in [1.82, 2.24) is 9.97 Å². The van der Waals surface area contributed by atoms with Crippen LogP contribution in [0, 0.1) is 36.5 Å². The van der Waals surface area contributed by atoms with Gasteiger partial charge in [0.1, 0.15) is 16.0 Å². The number of hydrogen-bond acceptors (Lipinski definition) is 7. The van der Waals surface area contributed by atoms with Gasteiger partial charge in [0.2, 0.25) is 11.8 Å². The number of hydrogen-bond donors (Lipinski definition) is 2. The summed E-state index contributed by atoms with van der Waals surface area (Å²) in [6.07, 6.45) is 0. The molecule has 3 rings (SSSR count). The Balaban J connectivity index is 0.00000300. The number of benzene rings is 2. The van der Waals surface area contributed by atoms with E-state index in [-0.39, 0.29) is 30.1 Å². The van der Waals surface area contributed by atoms with Crippen LogP contribution in [0.3, 0.4) is 0 Å². The molecule has 0 unspecified atom stereocenters. The number of aryl methyl sites for hydroxylation is 2. The number of nitrogens with two attached hydrogens (primary N) is 1. The van der Waals surface area contributed by atoms with Crippen molar-refractivity contribution in [1.29, 1.82) is 10.5 Å². The molecule has 7 nitrogen and oxygen atoms in total. The normalized spacial score (nSPS) is 9.69. The lowest BCUT2D eigenvalue weighted by Gasteiger charge is -2.14. The zero-order valence-electron chi connectivity index (χ0n) is 15.5. The third-order valence-electron chi connectivity index (χ3n) is 3.90. The Labute approximate surface area is 182 Å². The van der Waals surface area contributed by atoms with Crippen LogP contribution in [0.1, 0.15) is 22.3 Å². The van der Waals surface area contributed by atoms with Gasteiger partial charge in [0.15, 0.2) is 0 Å². The first-order valence-corrected chi connectivity index (χ1v) is 9.00. The second kappa shape index (κ2) is 9.24. The summed E-state index contributed by atoms with van der Waals surface area (Å²) in [4.78, 5) is 8.60. The summed E-state index contributed by atoms with van der Waals surface area (Å²) >= 11 is 3.36. The highest BCUT2D eigenvalue weighted by Gasteiger charge is 2.16. The molecule has 146 valence electrons. The largest absolute Gasteiger partial charge is 0.437 e. The van der Waals surface area contributed by atoms with Crippen molar-refractivity contribution in [3.05, 3.63) is 63.1 Å². The lowest BCUT2D eigenvalue weighted by molar-refractivity contribution is 0.453. The van der Waals surface area contributed by atoms with Crippen LogP contribution in [0.2, 0.25) is 0 Å². The molecule has 0 spiro atoms. The summed E-state index contributed by atoms with van der Waals surface area (Å²) in [5, 5.41) is 21.0. The Morgan fingerprint density at radius 3 is 2.14 bits per heavy atom. The molecule has 0 atom stereocenters. The van der Waals surface area contributed by atoms with Crippen molar-refractivity contribution in [2.24, 2.45) is 0 Å². The monoisotopic (exact) mass is 470 g/mol. The van der Waals surface area contributed by atoms with Crippen LogP contribution in [0.25, 0.3) is 0 Å². The highest BCUT2D eigenvalue weighted by Crippen LogP contribution is 2.36. The first-order valence-electron chi connectivity index (χ1n) is 8.20. The Morgan fingerprint density at radius 2 is 1.59 bits per heavy atom. The maximum absolute atomic E-state index is 9.10. The van der Waals surface area contributed by atoms with Gasteiger partial charge in [0.05, 0.1) is 23.3 Å². The maximum Gasteiger partial charge on any atom is 0.240 e. The summed E-state index contributed by atoms with van der Waals surface area (Å²) < 4.78 is 6.43. The molecule has 0 fully saturated rings. The van der Waals surface area contributed by atoms with Crippen LogP contribution in [0.4, 0.5) is 17.5 Å². The third kappa shape index (κ3) is 4.94. The molecular weight excluding hydrogens is 456 g/mol. The molecule has 1 aromatic heterocycles. The van der Waals surface area contributed by atoms with Gasteiger partial charge in [-0.05, 0) is 77.3 Å². The van der Waals surface area contributed by atoms with Crippen molar-refractivity contribution < 1.29 is 4.74 Å². The van der Waals surface area contributed by atoms with Crippen molar-refractivity contribution in [3.8, 4) is 23.8 Å². The first kappa shape index (κ1) is 22.0. The molecule has 0 saturated carbocycles. The number of anilines is 3. The van der Waals surface area contributed by atoms with Crippen molar-refractivity contribution >= 4 is 45.8 Å². The minimum absolute atomic E-state index is 0. The fraction of sp³-hybridized carbons (Fsp3) is 0.100. The number of ether oxygens (including phenoxy) is 1. The second-order valence-electron chi connectivity index (χ2n) is 6.02. The zero-order chi connectivity index (χ0) is 20.3. The van der Waals surface area contributed by atoms with Gasteiger partial charge in [-0.15, -0.1) is 12.4 Å². The predicted octanol–water partition coefficient (Wildman–Crippen LogP) is 5.14. The summed E-state index contributed by atoms with van der Waals surface area (Å²) in [6, 6.07) is 14.5. The number of rotatable bonds is 4. The molecule has 0 amide bonds. The minimum Gasteiger partial charge on any atom is -0.437 e. The SMILES string of the molecule is Cc1cc(C#N)cc(C)c1Oc1nc(Nc2ccc(C#N)cc2)nc(N)c1Br.Cl. The number of aromatic nitrogens is 2. The molecule has 3 N–H and O–H groups in total. The summed E-state index contributed by atoms with van der Waals surface area (Å²) in [6.45, 7) is 3.72. The van der Waals surface area contributed by atoms with Crippen LogP contribution < -0.4 is 15.8 Å². The summed E-state index contributed by atoms with van der Waals surface area (Å²) in [5.74, 6) is 1.32. The van der Waals surface area contributed by atoms with E-state index in [1.54, 1.807) is 36.4 Å². The fourth-order valence-electron chi connectivity index (χ4n) is 2.60. The minimum atomic E-state index is 0. The fourth-order valence-corrected chi connectivity index (χ4v) is 2.85. The van der Waals surface area contributed by atoms with Gasteiger partial charge in [-0.25, -0.2) is 0 Å². The smallest absolute Gasteiger partial charge is 0.240 e. The number of nitriles is 2. The average molecular weight is 472 g/mol. The van der Waals surface area contributed by atoms with Gasteiger partial charge >= 0.3 is 0 Å². The number of nitrogens with zero attached hydrogens (tertiary/aromatic N) is 4. The molecule has 9 heteroatoms. The molecule has 0 aliphatic carbocycles. The number of nitrogens with one attached hydrogen (secondary N) is 1. The Kier molecular flexibility index (Phi) is 7.00. The van der Waals surface area contributed by atoms with Crippen molar-refractivity contribution in [3.63, 3.8) is 0 Å². The van der Waals surface area contributed by atoms with Crippen LogP contribution in [0.5, 0.6) is 11.6 Å². The van der Waals surface area contributed by atoms with Crippen LogP contribution in [0.15, 0.2) is 40.9 Å². The van der Waals surface area contributed by atoms with E-state index in [0.717, 1.165) is 11.1 Å². The van der Waals surface area contributed by atoms with E-state index >= 15 is 0 Å². The van der Waals surface area contributed by atoms with Gasteiger partial charge in [-0.1, -0.05) is 0 Å². The van der Waals surface area contributed by atoms with Crippen LogP contribution >= 0.6 is 28.3 Å². The number of halogens is 2. The van der Waals surface area contributed by atoms with E-state index in [9.17, 15) is 0 Å². The quantitative estimate of drug-likeness (QED) is 0.540. The Morgan fingerprint density at radius 1 is 1.00 bits per heavy atom. The molecule has 0 bridgehead atoms. The van der Waals surface area contributed by atoms with Gasteiger partial charge in [0.25, 0.3) is 0 Å². The van der Waals surface area contributed by atoms with Crippen molar-refractivity contribution in [2.75, 3.05) is 11.1 Å². The first-order chi connectivity index (χ1) is 13.4. The number of nitrogen functional groups attached to an aromatic ring is 1. The highest BCUT2D eigenvalue weighted by atomic mass is 79.9. The third-order valence-corrected chi connectivity index (χ3v) is 4.65. The standard InChI is InChI=1S/C20H15BrN6O.ClH/c1-11-7-14(10-23)8-12(2)17(11)28-19-16(21)18(24)26-20(27-19)25-15-5-3-13(9-22)4-6-15;/h3-8H,1-2H3,(H3,24,25,26,27);1H. The molecular formula is C20H16BrClN6O. The van der Waals surface area contributed by atoms with Gasteiger partial charge in [-0.2, -0.15) is 20.5 Å². The van der Waals surface area contributed by atoms with E-state index in [0.29, 0.717) is 27.0 Å². The molecule has 1 heterocycles. The summed E-state index contributed by atoms with van der Waals surface area (Å²) in [7, 11) is 0. The van der Waals surface area contributed by atoms with Gasteiger partial charge in [0, 0.05) is 5.69 Å².